The number of aliphatic hydroxyl groups is 2. The summed E-state index contributed by atoms with van der Waals surface area (Å²) in [6, 6.07) is 0. The topological polar surface area (TPSA) is 161 Å². The third-order valence-corrected chi connectivity index (χ3v) is 0.258. The minimum atomic E-state index is -1.77. The molecule has 9 heteroatoms. The van der Waals surface area contributed by atoms with E-state index in [0.717, 1.165) is 0 Å². The maximum absolute atomic E-state index is 9.01. The molecule has 0 spiro atoms. The Kier molecular flexibility index (Phi) is 25.1. The summed E-state index contributed by atoms with van der Waals surface area (Å²) in [5.41, 5.74) is 0. The monoisotopic (exact) mass is 274 g/mol. The van der Waals surface area contributed by atoms with E-state index in [4.69, 9.17) is 36.4 Å². The fourth-order valence-electron chi connectivity index (χ4n) is 0. The molecule has 0 rings (SSSR count). The maximum atomic E-state index is 9.01. The number of aliphatic carboxylic acids is 2. The van der Waals surface area contributed by atoms with Crippen LogP contribution in [0.25, 0.3) is 0 Å². The number of carbonyl (C=O) groups excluding carboxylic acids is 2. The van der Waals surface area contributed by atoms with E-state index >= 15 is 0 Å². The predicted molar refractivity (Wildman–Crippen MR) is 28.6 cm³/mol. The molecule has 0 atom stereocenters. The molecule has 0 aliphatic carbocycles. The molecule has 13 heavy (non-hydrogen) atoms. The summed E-state index contributed by atoms with van der Waals surface area (Å²) >= 11 is -1.77. The van der Waals surface area contributed by atoms with Crippen molar-refractivity contribution in [3.8, 4) is 0 Å². The number of carbonyl (C=O) groups is 2. The number of hydrogen-bond acceptors (Lipinski definition) is 8. The van der Waals surface area contributed by atoms with Crippen molar-refractivity contribution in [3.63, 3.8) is 0 Å². The van der Waals surface area contributed by atoms with Crippen LogP contribution in [-0.4, -0.2) is 41.7 Å². The molecule has 4 N–H and O–H groups in total. The van der Waals surface area contributed by atoms with Gasteiger partial charge in [0.25, 0.3) is 0 Å². The van der Waals surface area contributed by atoms with Crippen molar-refractivity contribution in [2.45, 2.75) is 0 Å². The standard InChI is InChI=1S/2C2H4O3.2H2O.Zr/c2*3-1-2(4)5;;;/h2*3H,1H2,(H,4,5);2*1H2;/q;;;;+4/p-4. The van der Waals surface area contributed by atoms with Crippen molar-refractivity contribution in [3.05, 3.63) is 0 Å². The van der Waals surface area contributed by atoms with Crippen LogP contribution in [0.2, 0.25) is 0 Å². The molecule has 0 saturated carbocycles. The van der Waals surface area contributed by atoms with Crippen LogP contribution < -0.4 is 10.2 Å². The van der Waals surface area contributed by atoms with E-state index in [9.17, 15) is 0 Å². The van der Waals surface area contributed by atoms with Gasteiger partial charge in [-0.05, 0) is 0 Å². The van der Waals surface area contributed by atoms with Crippen molar-refractivity contribution in [1.29, 1.82) is 0 Å². The normalized spacial score (nSPS) is 6.46. The Balaban J connectivity index is -0.000000120. The molecule has 8 nitrogen and oxygen atoms in total. The minimum absolute atomic E-state index is 0.889. The average Bonchev–Trinajstić information content (AvgIpc) is 2.07. The molecule has 0 aliphatic heterocycles. The van der Waals surface area contributed by atoms with Gasteiger partial charge in [0, 0.05) is 0 Å². The zero-order valence-corrected chi connectivity index (χ0v) is 8.79. The van der Waals surface area contributed by atoms with Gasteiger partial charge in [0.15, 0.2) is 0 Å². The molecule has 0 aromatic rings. The fraction of sp³-hybridized carbons (Fsp3) is 0.500. The van der Waals surface area contributed by atoms with E-state index in [1.807, 2.05) is 0 Å². The first-order valence-corrected chi connectivity index (χ1v) is 4.80. The van der Waals surface area contributed by atoms with Gasteiger partial charge in [-0.2, -0.15) is 0 Å². The van der Waals surface area contributed by atoms with E-state index in [1.165, 1.54) is 0 Å². The summed E-state index contributed by atoms with van der Waals surface area (Å²) in [5.74, 6) is -2.88. The van der Waals surface area contributed by atoms with Crippen LogP contribution in [0.3, 0.4) is 0 Å². The second-order valence-electron chi connectivity index (χ2n) is 1.16. The van der Waals surface area contributed by atoms with Crippen LogP contribution in [0.5, 0.6) is 0 Å². The summed E-state index contributed by atoms with van der Waals surface area (Å²) in [4.78, 5) is 18.0. The van der Waals surface area contributed by atoms with Crippen LogP contribution in [0.15, 0.2) is 0 Å². The summed E-state index contributed by atoms with van der Waals surface area (Å²) in [6.45, 7) is -1.78. The van der Waals surface area contributed by atoms with Crippen molar-refractivity contribution in [2.24, 2.45) is 0 Å². The number of hydrogen-bond donors (Lipinski definition) is 4. The first-order chi connectivity index (χ1) is 5.95. The molecule has 0 saturated heterocycles. The van der Waals surface area contributed by atoms with E-state index in [0.29, 0.717) is 0 Å². The van der Waals surface area contributed by atoms with Gasteiger partial charge in [-0.1, -0.05) is 0 Å². The van der Waals surface area contributed by atoms with Crippen LogP contribution >= 0.6 is 0 Å². The van der Waals surface area contributed by atoms with Gasteiger partial charge in [-0.15, -0.1) is 0 Å². The quantitative estimate of drug-likeness (QED) is 0.387. The molecule has 0 aromatic heterocycles. The molecule has 0 unspecified atom stereocenters. The SMILES string of the molecule is O=C([O-])CO.O=C([O-])CO.[OH][Zr+2][OH]. The van der Waals surface area contributed by atoms with E-state index in [-0.39, 0.29) is 0 Å². The summed E-state index contributed by atoms with van der Waals surface area (Å²) < 4.78 is 14.6. The Morgan fingerprint density at radius 3 is 1.08 bits per heavy atom. The van der Waals surface area contributed by atoms with Gasteiger partial charge in [0.2, 0.25) is 0 Å². The number of carboxylic acids is 2. The Morgan fingerprint density at radius 1 is 1.00 bits per heavy atom. The third kappa shape index (κ3) is 81.2. The Morgan fingerprint density at radius 2 is 1.08 bits per heavy atom. The number of aliphatic hydroxyl groups excluding tert-OH is 2. The zero-order valence-electron chi connectivity index (χ0n) is 6.34. The van der Waals surface area contributed by atoms with Crippen molar-refractivity contribution in [2.75, 3.05) is 13.2 Å². The molecule has 0 aromatic carbocycles. The second-order valence-corrected chi connectivity index (χ2v) is 1.65. The van der Waals surface area contributed by atoms with E-state index < -0.39 is 49.3 Å². The molecule has 0 radical (unpaired) electrons. The molecule has 0 fully saturated rings. The van der Waals surface area contributed by atoms with E-state index in [1.54, 1.807) is 0 Å². The van der Waals surface area contributed by atoms with Gasteiger partial charge >= 0.3 is 30.5 Å². The van der Waals surface area contributed by atoms with Crippen LogP contribution in [0.1, 0.15) is 0 Å². The van der Waals surface area contributed by atoms with Crippen molar-refractivity contribution >= 4 is 11.9 Å². The van der Waals surface area contributed by atoms with E-state index in [2.05, 4.69) is 0 Å². The van der Waals surface area contributed by atoms with Gasteiger partial charge in [0.1, 0.15) is 0 Å². The summed E-state index contributed by atoms with van der Waals surface area (Å²) in [6.07, 6.45) is 0. The zero-order chi connectivity index (χ0) is 11.3. The third-order valence-electron chi connectivity index (χ3n) is 0.258. The van der Waals surface area contributed by atoms with Crippen molar-refractivity contribution in [1.82, 2.24) is 0 Å². The van der Waals surface area contributed by atoms with Crippen LogP contribution in [0, 0.1) is 0 Å². The van der Waals surface area contributed by atoms with Gasteiger partial charge in [-0.25, -0.2) is 0 Å². The van der Waals surface area contributed by atoms with Crippen LogP contribution in [-0.2, 0) is 33.7 Å². The fourth-order valence-corrected chi connectivity index (χ4v) is 0. The Labute approximate surface area is 85.9 Å². The first-order valence-electron chi connectivity index (χ1n) is 2.60. The molecule has 0 aliphatic rings. The average molecular weight is 275 g/mol. The molecular formula is C4H8O8Zr. The summed E-state index contributed by atoms with van der Waals surface area (Å²) in [5, 5.41) is 33.0. The van der Waals surface area contributed by atoms with Crippen molar-refractivity contribution < 1.29 is 60.5 Å². The molecule has 76 valence electrons. The van der Waals surface area contributed by atoms with Gasteiger partial charge < -0.3 is 30.0 Å². The predicted octanol–water partition coefficient (Wildman–Crippen LogP) is -5.66. The molecule has 0 amide bonds. The number of carboxylic acid groups (broad SMARTS) is 2. The molecule has 0 bridgehead atoms. The second kappa shape index (κ2) is 17.7. The number of rotatable bonds is 2. The van der Waals surface area contributed by atoms with Gasteiger partial charge in [0.05, 0.1) is 25.2 Å². The summed E-state index contributed by atoms with van der Waals surface area (Å²) in [7, 11) is 0. The Hall–Kier alpha value is -0.337. The first kappa shape index (κ1) is 18.4. The van der Waals surface area contributed by atoms with Gasteiger partial charge in [-0.3, -0.25) is 0 Å². The molecular weight excluding hydrogens is 267 g/mol. The van der Waals surface area contributed by atoms with Crippen LogP contribution in [0.4, 0.5) is 0 Å². The molecule has 0 heterocycles. The Bertz CT molecular complexity index is 111.